The molecule has 0 bridgehead atoms. The number of carbonyl (C=O) groups is 1. The lowest BCUT2D eigenvalue weighted by molar-refractivity contribution is 0.0697. The Labute approximate surface area is 214 Å². The molecule has 2 aromatic heterocycles. The van der Waals surface area contributed by atoms with E-state index in [-0.39, 0.29) is 23.5 Å². The third kappa shape index (κ3) is 4.03. The molecule has 6 nitrogen and oxygen atoms in total. The number of nitrogens with one attached hydrogen (secondary N) is 1. The van der Waals surface area contributed by atoms with Crippen LogP contribution in [-0.4, -0.2) is 25.7 Å². The fourth-order valence-electron chi connectivity index (χ4n) is 4.99. The minimum Gasteiger partial charge on any atom is -0.478 e. The predicted octanol–water partition coefficient (Wildman–Crippen LogP) is 5.81. The molecule has 0 spiro atoms. The largest absolute Gasteiger partial charge is 0.478 e. The molecule has 182 valence electrons. The first-order valence-corrected chi connectivity index (χ1v) is 12.0. The lowest BCUT2D eigenvalue weighted by atomic mass is 9.96. The Morgan fingerprint density at radius 2 is 1.81 bits per heavy atom. The molecule has 0 unspecified atom stereocenters. The van der Waals surface area contributed by atoms with E-state index in [1.54, 1.807) is 30.5 Å². The zero-order valence-electron chi connectivity index (χ0n) is 20.1. The number of aryl methyl sites for hydroxylation is 2. The maximum atomic E-state index is 13.7. The van der Waals surface area contributed by atoms with E-state index < -0.39 is 5.97 Å². The first kappa shape index (κ1) is 23.7. The SMILES string of the molecule is Cc1ccc(C(=O)O)cc1-n1c(C)cc([C@H]2[C@@H](c3ccccn3)NC(=S)N2c2ccc(F)cc2)c1C. The van der Waals surface area contributed by atoms with Crippen molar-refractivity contribution in [3.63, 3.8) is 0 Å². The van der Waals surface area contributed by atoms with Crippen molar-refractivity contribution in [3.8, 4) is 5.69 Å². The molecular formula is C28H25FN4O2S. The summed E-state index contributed by atoms with van der Waals surface area (Å²) in [6.07, 6.45) is 1.75. The van der Waals surface area contributed by atoms with E-state index in [1.807, 2.05) is 49.9 Å². The number of hydrogen-bond donors (Lipinski definition) is 2. The minimum absolute atomic E-state index is 0.229. The van der Waals surface area contributed by atoms with Crippen LogP contribution in [0.4, 0.5) is 10.1 Å². The molecule has 2 N–H and O–H groups in total. The van der Waals surface area contributed by atoms with E-state index >= 15 is 0 Å². The van der Waals surface area contributed by atoms with Gasteiger partial charge in [-0.15, -0.1) is 0 Å². The van der Waals surface area contributed by atoms with Gasteiger partial charge in [0.15, 0.2) is 5.11 Å². The molecule has 2 aromatic carbocycles. The Hall–Kier alpha value is -4.04. The second kappa shape index (κ2) is 9.20. The van der Waals surface area contributed by atoms with Crippen LogP contribution in [0.15, 0.2) is 72.9 Å². The van der Waals surface area contributed by atoms with Crippen molar-refractivity contribution in [2.24, 2.45) is 0 Å². The van der Waals surface area contributed by atoms with Crippen LogP contribution in [0.25, 0.3) is 5.69 Å². The fourth-order valence-corrected chi connectivity index (χ4v) is 5.34. The zero-order valence-corrected chi connectivity index (χ0v) is 20.9. The molecule has 0 saturated carbocycles. The zero-order chi connectivity index (χ0) is 25.6. The molecule has 2 atom stereocenters. The number of pyridine rings is 1. The Morgan fingerprint density at radius 3 is 2.47 bits per heavy atom. The summed E-state index contributed by atoms with van der Waals surface area (Å²) in [4.78, 5) is 18.3. The second-order valence-electron chi connectivity index (χ2n) is 8.94. The number of halogens is 1. The number of aromatic nitrogens is 2. The van der Waals surface area contributed by atoms with Crippen LogP contribution in [0.3, 0.4) is 0 Å². The van der Waals surface area contributed by atoms with Gasteiger partial charge < -0.3 is 19.9 Å². The van der Waals surface area contributed by atoms with Crippen molar-refractivity contribution in [2.75, 3.05) is 4.90 Å². The van der Waals surface area contributed by atoms with Crippen LogP contribution in [0.5, 0.6) is 0 Å². The topological polar surface area (TPSA) is 70.4 Å². The number of thiocarbonyl (C=S) groups is 1. The third-order valence-corrected chi connectivity index (χ3v) is 7.00. The molecule has 1 aliphatic heterocycles. The summed E-state index contributed by atoms with van der Waals surface area (Å²) in [6.45, 7) is 5.99. The molecule has 8 heteroatoms. The van der Waals surface area contributed by atoms with E-state index in [1.165, 1.54) is 12.1 Å². The van der Waals surface area contributed by atoms with Crippen LogP contribution in [-0.2, 0) is 0 Å². The summed E-state index contributed by atoms with van der Waals surface area (Å²) in [7, 11) is 0. The summed E-state index contributed by atoms with van der Waals surface area (Å²) < 4.78 is 15.8. The van der Waals surface area contributed by atoms with Gasteiger partial charge in [0.2, 0.25) is 0 Å². The van der Waals surface area contributed by atoms with Crippen molar-refractivity contribution in [1.29, 1.82) is 0 Å². The normalized spacial score (nSPS) is 17.3. The van der Waals surface area contributed by atoms with E-state index in [0.29, 0.717) is 5.11 Å². The number of aromatic carboxylic acids is 1. The number of hydrogen-bond acceptors (Lipinski definition) is 3. The summed E-state index contributed by atoms with van der Waals surface area (Å²) in [6, 6.07) is 18.8. The van der Waals surface area contributed by atoms with Gasteiger partial charge in [-0.3, -0.25) is 4.98 Å². The minimum atomic E-state index is -0.970. The van der Waals surface area contributed by atoms with E-state index in [4.69, 9.17) is 12.2 Å². The maximum Gasteiger partial charge on any atom is 0.335 e. The van der Waals surface area contributed by atoms with Gasteiger partial charge in [0.1, 0.15) is 5.82 Å². The molecule has 5 rings (SSSR count). The molecule has 1 aliphatic rings. The molecule has 1 fully saturated rings. The lowest BCUT2D eigenvalue weighted by Gasteiger charge is -2.28. The number of nitrogens with zero attached hydrogens (tertiary/aromatic N) is 3. The maximum absolute atomic E-state index is 13.7. The van der Waals surface area contributed by atoms with Crippen molar-refractivity contribution in [3.05, 3.63) is 113 Å². The van der Waals surface area contributed by atoms with Crippen LogP contribution >= 0.6 is 12.2 Å². The van der Waals surface area contributed by atoms with Gasteiger partial charge in [0.25, 0.3) is 0 Å². The summed E-state index contributed by atoms with van der Waals surface area (Å²) in [5.74, 6) is -1.29. The van der Waals surface area contributed by atoms with Gasteiger partial charge in [0.05, 0.1) is 23.3 Å². The Morgan fingerprint density at radius 1 is 1.06 bits per heavy atom. The highest BCUT2D eigenvalue weighted by Gasteiger charge is 2.42. The molecule has 3 heterocycles. The van der Waals surface area contributed by atoms with Crippen LogP contribution in [0, 0.1) is 26.6 Å². The molecule has 0 aliphatic carbocycles. The lowest BCUT2D eigenvalue weighted by Crippen LogP contribution is -2.29. The van der Waals surface area contributed by atoms with Crippen molar-refractivity contribution < 1.29 is 14.3 Å². The molecule has 0 radical (unpaired) electrons. The first-order chi connectivity index (χ1) is 17.3. The molecule has 4 aromatic rings. The van der Waals surface area contributed by atoms with Gasteiger partial charge in [-0.05, 0) is 98.7 Å². The van der Waals surface area contributed by atoms with E-state index in [2.05, 4.69) is 20.9 Å². The summed E-state index contributed by atoms with van der Waals surface area (Å²) in [5.41, 5.74) is 6.55. The van der Waals surface area contributed by atoms with Gasteiger partial charge in [0, 0.05) is 29.0 Å². The van der Waals surface area contributed by atoms with Crippen molar-refractivity contribution in [1.82, 2.24) is 14.9 Å². The fraction of sp³-hybridized carbons (Fsp3) is 0.179. The quantitative estimate of drug-likeness (QED) is 0.337. The van der Waals surface area contributed by atoms with Crippen LogP contribution < -0.4 is 10.2 Å². The molecule has 0 amide bonds. The molecule has 1 saturated heterocycles. The number of carboxylic acid groups (broad SMARTS) is 1. The van der Waals surface area contributed by atoms with Crippen LogP contribution in [0.2, 0.25) is 0 Å². The van der Waals surface area contributed by atoms with E-state index in [9.17, 15) is 14.3 Å². The Kier molecular flexibility index (Phi) is 6.05. The summed E-state index contributed by atoms with van der Waals surface area (Å²) >= 11 is 5.77. The first-order valence-electron chi connectivity index (χ1n) is 11.6. The molecular weight excluding hydrogens is 475 g/mol. The predicted molar refractivity (Wildman–Crippen MR) is 141 cm³/mol. The Bertz CT molecular complexity index is 1470. The van der Waals surface area contributed by atoms with Gasteiger partial charge >= 0.3 is 5.97 Å². The number of rotatable bonds is 5. The van der Waals surface area contributed by atoms with Crippen molar-refractivity contribution >= 4 is 29.0 Å². The average Bonchev–Trinajstić information content (AvgIpc) is 3.35. The average molecular weight is 501 g/mol. The highest BCUT2D eigenvalue weighted by molar-refractivity contribution is 7.80. The van der Waals surface area contributed by atoms with Gasteiger partial charge in [-0.25, -0.2) is 9.18 Å². The second-order valence-corrected chi connectivity index (χ2v) is 9.33. The molecule has 36 heavy (non-hydrogen) atoms. The highest BCUT2D eigenvalue weighted by Crippen LogP contribution is 2.43. The summed E-state index contributed by atoms with van der Waals surface area (Å²) in [5, 5.41) is 13.5. The number of anilines is 1. The monoisotopic (exact) mass is 500 g/mol. The number of benzene rings is 2. The van der Waals surface area contributed by atoms with E-state index in [0.717, 1.165) is 39.6 Å². The third-order valence-electron chi connectivity index (χ3n) is 6.69. The highest BCUT2D eigenvalue weighted by atomic mass is 32.1. The van der Waals surface area contributed by atoms with Crippen molar-refractivity contribution in [2.45, 2.75) is 32.9 Å². The van der Waals surface area contributed by atoms with Gasteiger partial charge in [-0.1, -0.05) is 12.1 Å². The number of carboxylic acids is 1. The van der Waals surface area contributed by atoms with Gasteiger partial charge in [-0.2, -0.15) is 0 Å². The smallest absolute Gasteiger partial charge is 0.335 e. The Balaban J connectivity index is 1.69. The van der Waals surface area contributed by atoms with Crippen LogP contribution in [0.1, 0.15) is 50.7 Å². The standard InChI is InChI=1S/C28H25FN4O2S/c1-16-7-8-19(27(34)35)15-24(16)32-17(2)14-22(18(32)3)26-25(23-6-4-5-13-30-23)31-28(36)33(26)21-11-9-20(29)10-12-21/h4-15,25-26H,1-3H3,(H,31,36)(H,34,35)/t25-,26+/m1/s1.